The van der Waals surface area contributed by atoms with Crippen molar-refractivity contribution in [2.45, 2.75) is 38.3 Å². The van der Waals surface area contributed by atoms with Crippen LogP contribution >= 0.6 is 15.9 Å². The number of hydrogen-bond acceptors (Lipinski definition) is 5. The molecule has 0 N–H and O–H groups in total. The van der Waals surface area contributed by atoms with Gasteiger partial charge in [0.2, 0.25) is 0 Å². The number of nitrogens with zero attached hydrogens (tertiary/aromatic N) is 4. The van der Waals surface area contributed by atoms with Gasteiger partial charge in [0.25, 0.3) is 0 Å². The second kappa shape index (κ2) is 6.73. The van der Waals surface area contributed by atoms with Gasteiger partial charge in [-0.3, -0.25) is 4.98 Å². The molecule has 0 radical (unpaired) electrons. The van der Waals surface area contributed by atoms with Crippen LogP contribution < -0.4 is 0 Å². The van der Waals surface area contributed by atoms with Gasteiger partial charge in [-0.2, -0.15) is 0 Å². The Morgan fingerprint density at radius 2 is 2.19 bits per heavy atom. The van der Waals surface area contributed by atoms with Gasteiger partial charge >= 0.3 is 0 Å². The van der Waals surface area contributed by atoms with Crippen molar-refractivity contribution in [3.05, 3.63) is 52.7 Å². The van der Waals surface area contributed by atoms with Gasteiger partial charge in [0.05, 0.1) is 35.4 Å². The van der Waals surface area contributed by atoms with Gasteiger partial charge in [-0.05, 0) is 38.0 Å². The third kappa shape index (κ3) is 3.04. The molecule has 0 bridgehead atoms. The molecular weight excluding hydrogens is 408 g/mol. The van der Waals surface area contributed by atoms with Crippen molar-refractivity contribution in [3.8, 4) is 0 Å². The van der Waals surface area contributed by atoms with E-state index in [4.69, 9.17) is 14.2 Å². The first-order valence-corrected chi connectivity index (χ1v) is 9.94. The molecule has 27 heavy (non-hydrogen) atoms. The first-order chi connectivity index (χ1) is 13.2. The number of aromatic nitrogens is 4. The zero-order chi connectivity index (χ0) is 18.4. The van der Waals surface area contributed by atoms with Crippen molar-refractivity contribution in [1.29, 1.82) is 0 Å². The Morgan fingerprint density at radius 3 is 3.00 bits per heavy atom. The summed E-state index contributed by atoms with van der Waals surface area (Å²) in [6.45, 7) is 2.90. The highest BCUT2D eigenvalue weighted by Gasteiger charge is 2.26. The van der Waals surface area contributed by atoms with Gasteiger partial charge in [0, 0.05) is 28.6 Å². The maximum atomic E-state index is 5.79. The second-order valence-electron chi connectivity index (χ2n) is 7.08. The second-order valence-corrected chi connectivity index (χ2v) is 7.99. The summed E-state index contributed by atoms with van der Waals surface area (Å²) in [7, 11) is 0. The van der Waals surface area contributed by atoms with Crippen LogP contribution in [-0.2, 0) is 11.2 Å². The summed E-state index contributed by atoms with van der Waals surface area (Å²) in [6, 6.07) is 8.43. The molecule has 6 nitrogen and oxygen atoms in total. The Bertz CT molecular complexity index is 1110. The van der Waals surface area contributed by atoms with Crippen LogP contribution in [0.1, 0.15) is 37.3 Å². The van der Waals surface area contributed by atoms with E-state index in [0.29, 0.717) is 12.5 Å². The van der Waals surface area contributed by atoms with Crippen LogP contribution in [0.3, 0.4) is 0 Å². The van der Waals surface area contributed by atoms with Crippen molar-refractivity contribution in [1.82, 2.24) is 19.7 Å². The highest BCUT2D eigenvalue weighted by Crippen LogP contribution is 2.34. The van der Waals surface area contributed by atoms with E-state index in [0.717, 1.165) is 57.4 Å². The highest BCUT2D eigenvalue weighted by atomic mass is 79.9. The molecule has 1 aromatic carbocycles. The number of pyridine rings is 1. The summed E-state index contributed by atoms with van der Waals surface area (Å²) in [5.41, 5.74) is 3.90. The van der Waals surface area contributed by atoms with Crippen LogP contribution in [-0.4, -0.2) is 32.4 Å². The van der Waals surface area contributed by atoms with Crippen LogP contribution in [0.2, 0.25) is 0 Å². The Labute approximate surface area is 164 Å². The molecule has 0 amide bonds. The minimum atomic E-state index is 0.237. The zero-order valence-corrected chi connectivity index (χ0v) is 16.5. The fourth-order valence-corrected chi connectivity index (χ4v) is 4.38. The Hall–Kier alpha value is -2.25. The van der Waals surface area contributed by atoms with Gasteiger partial charge in [0.1, 0.15) is 17.6 Å². The number of rotatable bonds is 3. The molecule has 4 aromatic rings. The summed E-state index contributed by atoms with van der Waals surface area (Å²) >= 11 is 3.60. The minimum absolute atomic E-state index is 0.237. The molecule has 2 unspecified atom stereocenters. The monoisotopic (exact) mass is 426 g/mol. The number of fused-ring (bicyclic) bond motifs is 3. The topological polar surface area (TPSA) is 66.0 Å². The molecule has 7 heteroatoms. The van der Waals surface area contributed by atoms with E-state index >= 15 is 0 Å². The highest BCUT2D eigenvalue weighted by molar-refractivity contribution is 9.10. The zero-order valence-electron chi connectivity index (χ0n) is 14.9. The maximum Gasteiger partial charge on any atom is 0.124 e. The molecule has 0 spiro atoms. The van der Waals surface area contributed by atoms with E-state index in [2.05, 4.69) is 43.6 Å². The molecule has 3 aromatic heterocycles. The van der Waals surface area contributed by atoms with Crippen molar-refractivity contribution in [2.24, 2.45) is 0 Å². The molecular formula is C20H19BrN4O2. The molecule has 1 aliphatic heterocycles. The lowest BCUT2D eigenvalue weighted by molar-refractivity contribution is 0.00630. The largest absolute Gasteiger partial charge is 0.378 e. The van der Waals surface area contributed by atoms with Crippen LogP contribution in [0, 0.1) is 0 Å². The third-order valence-corrected chi connectivity index (χ3v) is 5.70. The Kier molecular flexibility index (Phi) is 4.21. The predicted octanol–water partition coefficient (Wildman–Crippen LogP) is 4.67. The Balaban J connectivity index is 1.76. The number of halogens is 1. The molecule has 5 rings (SSSR count). The fraction of sp³-hybridized carbons (Fsp3) is 0.350. The van der Waals surface area contributed by atoms with Gasteiger partial charge in [-0.15, -0.1) is 0 Å². The van der Waals surface area contributed by atoms with Gasteiger partial charge in [-0.1, -0.05) is 21.1 Å². The molecule has 1 saturated heterocycles. The maximum absolute atomic E-state index is 5.79. The average molecular weight is 427 g/mol. The first kappa shape index (κ1) is 16.9. The standard InChI is InChI=1S/C20H19BrN4O2/c1-12-8-15(5-6-26-12)25-19(10-14-4-7-27-24-14)23-18-11-22-17-3-2-13(21)9-16(17)20(18)25/h2-4,7,9,11-12,15H,5-6,8,10H2,1H3. The summed E-state index contributed by atoms with van der Waals surface area (Å²) in [5.74, 6) is 0.993. The number of ether oxygens (including phenoxy) is 1. The first-order valence-electron chi connectivity index (χ1n) is 9.15. The smallest absolute Gasteiger partial charge is 0.124 e. The average Bonchev–Trinajstić information content (AvgIpc) is 3.29. The van der Waals surface area contributed by atoms with Gasteiger partial charge < -0.3 is 13.8 Å². The Morgan fingerprint density at radius 1 is 1.26 bits per heavy atom. The molecule has 4 heterocycles. The number of imidazole rings is 1. The third-order valence-electron chi connectivity index (χ3n) is 5.20. The molecule has 0 aliphatic carbocycles. The lowest BCUT2D eigenvalue weighted by Crippen LogP contribution is -2.26. The van der Waals surface area contributed by atoms with Crippen LogP contribution in [0.15, 0.2) is 45.7 Å². The van der Waals surface area contributed by atoms with E-state index < -0.39 is 0 Å². The molecule has 1 fully saturated rings. The van der Waals surface area contributed by atoms with E-state index in [-0.39, 0.29) is 6.10 Å². The lowest BCUT2D eigenvalue weighted by atomic mass is 10.0. The molecule has 0 saturated carbocycles. The van der Waals surface area contributed by atoms with E-state index in [1.54, 1.807) is 6.26 Å². The molecule has 1 aliphatic rings. The number of hydrogen-bond donors (Lipinski definition) is 0. The van der Waals surface area contributed by atoms with Gasteiger partial charge in [-0.25, -0.2) is 4.98 Å². The van der Waals surface area contributed by atoms with Crippen molar-refractivity contribution < 1.29 is 9.26 Å². The quantitative estimate of drug-likeness (QED) is 0.476. The minimum Gasteiger partial charge on any atom is -0.378 e. The normalized spacial score (nSPS) is 20.5. The lowest BCUT2D eigenvalue weighted by Gasteiger charge is -2.30. The summed E-state index contributed by atoms with van der Waals surface area (Å²) in [5, 5.41) is 5.19. The van der Waals surface area contributed by atoms with Crippen molar-refractivity contribution >= 4 is 37.9 Å². The van der Waals surface area contributed by atoms with Gasteiger partial charge in [0.15, 0.2) is 0 Å². The van der Waals surface area contributed by atoms with Crippen LogP contribution in [0.5, 0.6) is 0 Å². The van der Waals surface area contributed by atoms with Crippen LogP contribution in [0.25, 0.3) is 21.9 Å². The van der Waals surface area contributed by atoms with Crippen molar-refractivity contribution in [3.63, 3.8) is 0 Å². The fourth-order valence-electron chi connectivity index (χ4n) is 4.01. The SMILES string of the molecule is CC1CC(n2c(Cc3ccon3)nc3cnc4ccc(Br)cc4c32)CCO1. The number of benzene rings is 1. The van der Waals surface area contributed by atoms with Crippen molar-refractivity contribution in [2.75, 3.05) is 6.61 Å². The van der Waals surface area contributed by atoms with E-state index in [1.807, 2.05) is 24.4 Å². The van der Waals surface area contributed by atoms with E-state index in [1.165, 1.54) is 0 Å². The summed E-state index contributed by atoms with van der Waals surface area (Å²) in [6.07, 6.45) is 6.28. The van der Waals surface area contributed by atoms with E-state index in [9.17, 15) is 0 Å². The summed E-state index contributed by atoms with van der Waals surface area (Å²) in [4.78, 5) is 9.54. The van der Waals surface area contributed by atoms with Crippen LogP contribution in [0.4, 0.5) is 0 Å². The molecule has 2 atom stereocenters. The molecule has 138 valence electrons. The summed E-state index contributed by atoms with van der Waals surface area (Å²) < 4.78 is 14.2. The predicted molar refractivity (Wildman–Crippen MR) is 106 cm³/mol.